The predicted octanol–water partition coefficient (Wildman–Crippen LogP) is 15.6. The molecule has 2 aromatic rings. The van der Waals surface area contributed by atoms with Gasteiger partial charge in [0, 0.05) is 68.0 Å². The first-order chi connectivity index (χ1) is 30.4. The number of hydrogen-bond acceptors (Lipinski definition) is 6. The minimum absolute atomic E-state index is 0.110. The number of thiophene rings is 1. The number of anilines is 2. The fraction of sp³-hybridized carbons (Fsp3) is 0.643. The highest BCUT2D eigenvalue weighted by atomic mass is 32.2. The molecule has 0 fully saturated rings. The van der Waals surface area contributed by atoms with Crippen molar-refractivity contribution in [2.24, 2.45) is 11.8 Å². The maximum absolute atomic E-state index is 15.1. The van der Waals surface area contributed by atoms with Crippen LogP contribution in [0.25, 0.3) is 17.2 Å². The van der Waals surface area contributed by atoms with Crippen molar-refractivity contribution in [1.29, 1.82) is 0 Å². The summed E-state index contributed by atoms with van der Waals surface area (Å²) in [5, 5.41) is 1.93. The summed E-state index contributed by atoms with van der Waals surface area (Å²) in [6.45, 7) is 19.5. The van der Waals surface area contributed by atoms with Gasteiger partial charge < -0.3 is 9.80 Å². The second-order valence-electron chi connectivity index (χ2n) is 19.2. The highest BCUT2D eigenvalue weighted by molar-refractivity contribution is 8.03. The van der Waals surface area contributed by atoms with Crippen molar-refractivity contribution in [2.75, 3.05) is 36.2 Å². The molecule has 0 N–H and O–H groups in total. The molecule has 1 aliphatic heterocycles. The van der Waals surface area contributed by atoms with Gasteiger partial charge in [-0.25, -0.2) is 0 Å². The molecule has 3 rings (SSSR count). The van der Waals surface area contributed by atoms with E-state index in [1.54, 1.807) is 11.8 Å². The third-order valence-electron chi connectivity index (χ3n) is 12.8. The van der Waals surface area contributed by atoms with E-state index in [9.17, 15) is 4.79 Å². The molecule has 1 aromatic carbocycles. The maximum atomic E-state index is 15.1. The first-order valence-corrected chi connectivity index (χ1v) is 27.7. The molecule has 0 radical (unpaired) electrons. The average Bonchev–Trinajstić information content (AvgIpc) is 3.86. The SMILES string of the molecule is CCC/C=C(\S)C(C)C1=c2cc(N(C)CCCCCCCC)/c(=C(C=O)/C(=C/C/C=C/c3ccc(C(C)(C)C)s3)SC)cc2N(CC(CCCCCC)CCCCCCCC)C1=O. The van der Waals surface area contributed by atoms with Gasteiger partial charge in [-0.1, -0.05) is 176 Å². The van der Waals surface area contributed by atoms with Gasteiger partial charge in [0.2, 0.25) is 0 Å². The summed E-state index contributed by atoms with van der Waals surface area (Å²) in [5.74, 6) is 0.402. The Balaban J connectivity index is 2.24. The number of benzene rings is 1. The lowest BCUT2D eigenvalue weighted by Crippen LogP contribution is -2.35. The average molecular weight is 918 g/mol. The number of rotatable bonds is 32. The van der Waals surface area contributed by atoms with Crippen molar-refractivity contribution in [3.63, 3.8) is 0 Å². The van der Waals surface area contributed by atoms with Crippen molar-refractivity contribution in [3.05, 3.63) is 72.5 Å². The van der Waals surface area contributed by atoms with E-state index in [2.05, 4.69) is 127 Å². The largest absolute Gasteiger partial charge is 0.374 e. The van der Waals surface area contributed by atoms with Crippen LogP contribution in [0.4, 0.5) is 11.4 Å². The molecule has 2 atom stereocenters. The van der Waals surface area contributed by atoms with Crippen molar-refractivity contribution >= 4 is 76.5 Å². The molecule has 0 bridgehead atoms. The summed E-state index contributed by atoms with van der Waals surface area (Å²) >= 11 is 8.51. The normalized spacial score (nSPS) is 15.1. The summed E-state index contributed by atoms with van der Waals surface area (Å²) in [7, 11) is 2.17. The Morgan fingerprint density at radius 1 is 0.841 bits per heavy atom. The number of unbranched alkanes of at least 4 members (excludes halogenated alkanes) is 14. The van der Waals surface area contributed by atoms with E-state index in [1.165, 1.54) is 106 Å². The molecular weight excluding hydrogens is 829 g/mol. The van der Waals surface area contributed by atoms with Crippen LogP contribution in [-0.2, 0) is 15.0 Å². The lowest BCUT2D eigenvalue weighted by Gasteiger charge is -2.27. The van der Waals surface area contributed by atoms with Crippen LogP contribution in [0.15, 0.2) is 52.3 Å². The number of allylic oxidation sites excluding steroid dienone is 5. The van der Waals surface area contributed by atoms with Gasteiger partial charge in [0.05, 0.1) is 5.69 Å². The number of thioether (sulfide) groups is 1. The van der Waals surface area contributed by atoms with Gasteiger partial charge in [-0.05, 0) is 84.9 Å². The highest BCUT2D eigenvalue weighted by Crippen LogP contribution is 2.35. The molecule has 0 saturated carbocycles. The molecule has 4 nitrogen and oxygen atoms in total. The van der Waals surface area contributed by atoms with Crippen molar-refractivity contribution < 1.29 is 9.59 Å². The minimum Gasteiger partial charge on any atom is -0.374 e. The molecule has 2 heterocycles. The number of fused-ring (bicyclic) bond motifs is 1. The summed E-state index contributed by atoms with van der Waals surface area (Å²) in [4.78, 5) is 37.7. The number of thiol groups is 1. The van der Waals surface area contributed by atoms with Gasteiger partial charge >= 0.3 is 0 Å². The molecule has 352 valence electrons. The summed E-state index contributed by atoms with van der Waals surface area (Å²) < 4.78 is 0. The predicted molar refractivity (Wildman–Crippen MR) is 287 cm³/mol. The topological polar surface area (TPSA) is 40.6 Å². The van der Waals surface area contributed by atoms with Crippen LogP contribution in [0.2, 0.25) is 0 Å². The molecule has 0 aliphatic carbocycles. The van der Waals surface area contributed by atoms with Gasteiger partial charge in [-0.15, -0.1) is 35.7 Å². The third-order valence-corrected chi connectivity index (χ3v) is 15.7. The number of nitrogens with zero attached hydrogens (tertiary/aromatic N) is 2. The first kappa shape index (κ1) is 54.9. The molecule has 2 unspecified atom stereocenters. The van der Waals surface area contributed by atoms with E-state index in [1.807, 2.05) is 11.3 Å². The van der Waals surface area contributed by atoms with Crippen molar-refractivity contribution in [1.82, 2.24) is 0 Å². The second kappa shape index (κ2) is 29.9. The Morgan fingerprint density at radius 2 is 1.44 bits per heavy atom. The van der Waals surface area contributed by atoms with Gasteiger partial charge in [-0.3, -0.25) is 9.59 Å². The van der Waals surface area contributed by atoms with Crippen LogP contribution in [-0.4, -0.2) is 38.6 Å². The Kier molecular flexibility index (Phi) is 26.1. The van der Waals surface area contributed by atoms with E-state index in [0.29, 0.717) is 18.0 Å². The van der Waals surface area contributed by atoms with Crippen molar-refractivity contribution in [2.45, 2.75) is 196 Å². The monoisotopic (exact) mass is 917 g/mol. The Bertz CT molecular complexity index is 1900. The minimum atomic E-state index is -0.133. The van der Waals surface area contributed by atoms with Crippen LogP contribution >= 0.6 is 35.7 Å². The molecule has 1 amide bonds. The van der Waals surface area contributed by atoms with Crippen LogP contribution in [0.5, 0.6) is 0 Å². The molecule has 0 saturated heterocycles. The van der Waals surface area contributed by atoms with Crippen molar-refractivity contribution in [3.8, 4) is 0 Å². The number of aldehydes is 1. The number of carbonyl (C=O) groups is 2. The van der Waals surface area contributed by atoms with Gasteiger partial charge in [-0.2, -0.15) is 0 Å². The van der Waals surface area contributed by atoms with Crippen LogP contribution in [0, 0.1) is 11.8 Å². The Morgan fingerprint density at radius 3 is 2.02 bits per heavy atom. The fourth-order valence-corrected chi connectivity index (χ4v) is 10.7. The van der Waals surface area contributed by atoms with E-state index in [-0.39, 0.29) is 17.2 Å². The Labute approximate surface area is 400 Å². The quantitative estimate of drug-likeness (QED) is 0.0451. The summed E-state index contributed by atoms with van der Waals surface area (Å²) in [5.41, 5.74) is 3.65. The molecule has 0 spiro atoms. The van der Waals surface area contributed by atoms with E-state index >= 15 is 4.79 Å². The lowest BCUT2D eigenvalue weighted by atomic mass is 9.93. The zero-order valence-corrected chi connectivity index (χ0v) is 44.1. The number of hydrogen-bond donors (Lipinski definition) is 1. The molecule has 63 heavy (non-hydrogen) atoms. The summed E-state index contributed by atoms with van der Waals surface area (Å²) in [6, 6.07) is 8.93. The number of carbonyl (C=O) groups excluding carboxylic acids is 2. The Hall–Kier alpha value is -2.48. The smallest absolute Gasteiger partial charge is 0.255 e. The van der Waals surface area contributed by atoms with Crippen LogP contribution in [0.3, 0.4) is 0 Å². The zero-order valence-electron chi connectivity index (χ0n) is 41.6. The first-order valence-electron chi connectivity index (χ1n) is 25.2. The number of amides is 1. The maximum Gasteiger partial charge on any atom is 0.255 e. The summed E-state index contributed by atoms with van der Waals surface area (Å²) in [6.07, 6.45) is 36.8. The van der Waals surface area contributed by atoms with Gasteiger partial charge in [0.25, 0.3) is 5.91 Å². The molecule has 1 aliphatic rings. The standard InChI is InChI=1S/C56H88N2O2S3/c1-11-15-19-22-24-27-32-44(31-26-21-17-13-3)41-58-50-39-46(48(42-59)52(62-10)35-29-28-33-45-36-37-53(63-45)56(6,7)8)49(57(9)38-30-25-23-20-16-12-2)40-47(50)54(55(58)60)43(5)51(61)34-18-14-4/h28,33-37,39-40,42-44,61H,11-27,29-32,38,41H2,1-10H3/b33-28+,48-46+,51-34-,52-35-. The van der Waals surface area contributed by atoms with E-state index in [0.717, 1.165) is 88.6 Å². The highest BCUT2D eigenvalue weighted by Gasteiger charge is 2.35. The lowest BCUT2D eigenvalue weighted by molar-refractivity contribution is -0.113. The zero-order chi connectivity index (χ0) is 46.2. The van der Waals surface area contributed by atoms with Crippen LogP contribution in [0.1, 0.15) is 200 Å². The van der Waals surface area contributed by atoms with Gasteiger partial charge in [0.1, 0.15) is 0 Å². The third kappa shape index (κ3) is 17.7. The van der Waals surface area contributed by atoms with E-state index < -0.39 is 0 Å². The van der Waals surface area contributed by atoms with E-state index in [4.69, 9.17) is 12.6 Å². The molecular formula is C56H88N2O2S3. The molecule has 1 aromatic heterocycles. The second-order valence-corrected chi connectivity index (χ2v) is 21.7. The fourth-order valence-electron chi connectivity index (χ4n) is 8.80. The molecule has 7 heteroatoms. The van der Waals surface area contributed by atoms with Gasteiger partial charge in [0.15, 0.2) is 6.29 Å². The van der Waals surface area contributed by atoms with Crippen LogP contribution < -0.4 is 20.2 Å².